The number of para-hydroxylation sites is 3. The van der Waals surface area contributed by atoms with Crippen molar-refractivity contribution < 1.29 is 11.4 Å². The van der Waals surface area contributed by atoms with Crippen molar-refractivity contribution in [3.8, 4) is 39.5 Å². The summed E-state index contributed by atoms with van der Waals surface area (Å²) < 4.78 is 20.7. The highest BCUT2D eigenvalue weighted by molar-refractivity contribution is 6.40. The average molecular weight is 617 g/mol. The van der Waals surface area contributed by atoms with Crippen molar-refractivity contribution in [3.63, 3.8) is 0 Å². The Hall–Kier alpha value is -5.15. The summed E-state index contributed by atoms with van der Waals surface area (Å²) in [6, 6.07) is 43.0. The van der Waals surface area contributed by atoms with Gasteiger partial charge in [-0.05, 0) is 74.2 Å². The van der Waals surface area contributed by atoms with E-state index in [9.17, 15) is 0 Å². The minimum atomic E-state index is -3.07. The topological polar surface area (TPSA) is 53.5 Å². The first-order valence-electron chi connectivity index (χ1n) is 15.4. The van der Waals surface area contributed by atoms with E-state index in [4.69, 9.17) is 21.3 Å². The molecule has 0 aliphatic heterocycles. The number of hydrogen-bond donors (Lipinski definition) is 0. The molecular formula is C40H33AlN2O3. The smallest absolute Gasteiger partial charge is 0.576 e. The first kappa shape index (κ1) is 29.6. The second-order valence-corrected chi connectivity index (χ2v) is 12.8. The van der Waals surface area contributed by atoms with E-state index in [1.807, 2.05) is 74.5 Å². The lowest BCUT2D eigenvalue weighted by molar-refractivity contribution is 0.311. The molecule has 7 aromatic rings. The fraction of sp³-hybridized carbons (Fsp3) is 0.100. The molecule has 0 radical (unpaired) electrons. The van der Waals surface area contributed by atoms with Crippen molar-refractivity contribution in [1.29, 1.82) is 0 Å². The van der Waals surface area contributed by atoms with Crippen molar-refractivity contribution in [2.45, 2.75) is 27.7 Å². The summed E-state index contributed by atoms with van der Waals surface area (Å²) >= 11 is -3.07. The summed E-state index contributed by atoms with van der Waals surface area (Å²) in [7, 11) is 0. The Labute approximate surface area is 274 Å². The molecule has 46 heavy (non-hydrogen) atoms. The van der Waals surface area contributed by atoms with Crippen LogP contribution in [0.2, 0.25) is 0 Å². The van der Waals surface area contributed by atoms with Gasteiger partial charge in [-0.25, -0.2) is 9.97 Å². The largest absolute Gasteiger partial charge is 1.20 e. The molecule has 224 valence electrons. The maximum Gasteiger partial charge on any atom is 1.20 e. The Morgan fingerprint density at radius 3 is 1.35 bits per heavy atom. The van der Waals surface area contributed by atoms with Gasteiger partial charge in [-0.3, -0.25) is 0 Å². The lowest BCUT2D eigenvalue weighted by Gasteiger charge is -2.22. The summed E-state index contributed by atoms with van der Waals surface area (Å²) in [4.78, 5) is 9.76. The van der Waals surface area contributed by atoms with Gasteiger partial charge in [0.1, 0.15) is 28.3 Å². The lowest BCUT2D eigenvalue weighted by Crippen LogP contribution is -2.37. The van der Waals surface area contributed by atoms with Crippen LogP contribution < -0.4 is 11.4 Å². The van der Waals surface area contributed by atoms with E-state index in [-0.39, 0.29) is 0 Å². The summed E-state index contributed by atoms with van der Waals surface area (Å²) in [6.45, 7) is 8.19. The third-order valence-corrected chi connectivity index (χ3v) is 9.44. The SMILES string of the molecule is Cc1cc(C)c2cccc([O][Al]([O]c3c(-c4ccccc4)cccc3-c3ccccc3)[O]c3cccc4c(C)cc(C)nc34)c2n1. The van der Waals surface area contributed by atoms with Gasteiger partial charge in [-0.15, -0.1) is 0 Å². The summed E-state index contributed by atoms with van der Waals surface area (Å²) in [6.07, 6.45) is 0. The van der Waals surface area contributed by atoms with Gasteiger partial charge in [0.25, 0.3) is 0 Å². The van der Waals surface area contributed by atoms with Gasteiger partial charge < -0.3 is 11.4 Å². The number of nitrogens with zero attached hydrogens (tertiary/aromatic N) is 2. The molecule has 0 N–H and O–H groups in total. The maximum atomic E-state index is 7.05. The van der Waals surface area contributed by atoms with Crippen molar-refractivity contribution >= 4 is 37.0 Å². The zero-order valence-electron chi connectivity index (χ0n) is 26.3. The second kappa shape index (κ2) is 12.7. The minimum absolute atomic E-state index is 0.625. The van der Waals surface area contributed by atoms with Crippen LogP contribution in [0.5, 0.6) is 17.2 Å². The van der Waals surface area contributed by atoms with Crippen molar-refractivity contribution in [2.24, 2.45) is 0 Å². The molecule has 0 aliphatic carbocycles. The number of aryl methyl sites for hydroxylation is 4. The van der Waals surface area contributed by atoms with Crippen LogP contribution in [0, 0.1) is 27.7 Å². The predicted molar refractivity (Wildman–Crippen MR) is 187 cm³/mol. The van der Waals surface area contributed by atoms with Gasteiger partial charge in [0.15, 0.2) is 0 Å². The van der Waals surface area contributed by atoms with Crippen LogP contribution in [-0.4, -0.2) is 25.1 Å². The molecule has 0 saturated heterocycles. The summed E-state index contributed by atoms with van der Waals surface area (Å²) in [5.74, 6) is 1.96. The fourth-order valence-corrected chi connectivity index (χ4v) is 7.42. The van der Waals surface area contributed by atoms with Crippen LogP contribution in [0.4, 0.5) is 0 Å². The number of fused-ring (bicyclic) bond motifs is 2. The molecule has 0 amide bonds. The standard InChI is InChI=1S/C18H14O.2C11H11NO.Al/c19-18-16(14-8-3-1-4-9-14)12-7-13-17(18)15-10-5-2-6-11-15;2*1-7-6-8(2)12-11-9(7)4-3-5-10(11)13;/h1-13,19H;2*3-6,13H,1-2H3;/q;;;+3/p-3. The molecule has 7 rings (SSSR count). The molecule has 2 heterocycles. The average Bonchev–Trinajstić information content (AvgIpc) is 3.06. The highest BCUT2D eigenvalue weighted by Crippen LogP contribution is 2.40. The van der Waals surface area contributed by atoms with Crippen LogP contribution in [-0.2, 0) is 0 Å². The maximum absolute atomic E-state index is 7.05. The molecule has 0 spiro atoms. The van der Waals surface area contributed by atoms with Gasteiger partial charge in [0.2, 0.25) is 0 Å². The normalized spacial score (nSPS) is 11.0. The third kappa shape index (κ3) is 5.93. The molecule has 2 aromatic heterocycles. The van der Waals surface area contributed by atoms with E-state index in [1.165, 1.54) is 0 Å². The molecule has 6 heteroatoms. The van der Waals surface area contributed by atoms with Gasteiger partial charge in [0, 0.05) is 33.3 Å². The van der Waals surface area contributed by atoms with Crippen LogP contribution in [0.1, 0.15) is 22.5 Å². The first-order chi connectivity index (χ1) is 22.4. The summed E-state index contributed by atoms with van der Waals surface area (Å²) in [5, 5.41) is 2.06. The van der Waals surface area contributed by atoms with E-state index in [2.05, 4.69) is 80.6 Å². The van der Waals surface area contributed by atoms with E-state index in [0.717, 1.165) is 66.6 Å². The molecule has 0 unspecified atom stereocenters. The molecule has 0 saturated carbocycles. The molecule has 5 aromatic carbocycles. The monoisotopic (exact) mass is 616 g/mol. The number of benzene rings is 5. The Bertz CT molecular complexity index is 2040. The van der Waals surface area contributed by atoms with Gasteiger partial charge in [-0.1, -0.05) is 103 Å². The predicted octanol–water partition coefficient (Wildman–Crippen LogP) is 9.87. The van der Waals surface area contributed by atoms with E-state index >= 15 is 0 Å². The summed E-state index contributed by atoms with van der Waals surface area (Å²) in [5.41, 5.74) is 9.68. The zero-order chi connectivity index (χ0) is 31.6. The fourth-order valence-electron chi connectivity index (χ4n) is 6.03. The Balaban J connectivity index is 1.40. The Kier molecular flexibility index (Phi) is 8.15. The van der Waals surface area contributed by atoms with Crippen molar-refractivity contribution in [3.05, 3.63) is 150 Å². The molecule has 5 nitrogen and oxygen atoms in total. The van der Waals surface area contributed by atoms with E-state index < -0.39 is 15.1 Å². The molecule has 0 bridgehead atoms. The van der Waals surface area contributed by atoms with Gasteiger partial charge in [-0.2, -0.15) is 0 Å². The second-order valence-electron chi connectivity index (χ2n) is 11.5. The Morgan fingerprint density at radius 1 is 0.457 bits per heavy atom. The van der Waals surface area contributed by atoms with Crippen LogP contribution in [0.3, 0.4) is 0 Å². The highest BCUT2D eigenvalue weighted by Gasteiger charge is 2.46. The number of rotatable bonds is 8. The highest BCUT2D eigenvalue weighted by atomic mass is 27.3. The van der Waals surface area contributed by atoms with Crippen molar-refractivity contribution in [2.75, 3.05) is 0 Å². The quantitative estimate of drug-likeness (QED) is 0.159. The minimum Gasteiger partial charge on any atom is -0.576 e. The van der Waals surface area contributed by atoms with Crippen LogP contribution in [0.15, 0.2) is 127 Å². The molecule has 0 fully saturated rings. The van der Waals surface area contributed by atoms with Gasteiger partial charge >= 0.3 is 15.1 Å². The number of hydrogen-bond acceptors (Lipinski definition) is 5. The molecule has 0 atom stereocenters. The van der Waals surface area contributed by atoms with Gasteiger partial charge in [0.05, 0.1) is 0 Å². The molecular weight excluding hydrogens is 583 g/mol. The lowest BCUT2D eigenvalue weighted by atomic mass is 9.97. The first-order valence-corrected chi connectivity index (χ1v) is 16.8. The van der Waals surface area contributed by atoms with Crippen LogP contribution in [0.25, 0.3) is 44.1 Å². The van der Waals surface area contributed by atoms with E-state index in [0.29, 0.717) is 17.2 Å². The van der Waals surface area contributed by atoms with Crippen molar-refractivity contribution in [1.82, 2.24) is 9.97 Å². The van der Waals surface area contributed by atoms with Crippen LogP contribution >= 0.6 is 0 Å². The Morgan fingerprint density at radius 2 is 0.891 bits per heavy atom. The third-order valence-electron chi connectivity index (χ3n) is 8.12. The number of aromatic nitrogens is 2. The molecule has 0 aliphatic rings. The zero-order valence-corrected chi connectivity index (χ0v) is 27.5. The van der Waals surface area contributed by atoms with E-state index in [1.54, 1.807) is 0 Å². The number of pyridine rings is 2.